The molecule has 4 rings (SSSR count). The lowest BCUT2D eigenvalue weighted by Crippen LogP contribution is -2.44. The Labute approximate surface area is 184 Å². The first-order valence-corrected chi connectivity index (χ1v) is 11.5. The quantitative estimate of drug-likeness (QED) is 0.599. The first-order chi connectivity index (χ1) is 14.7. The molecule has 2 aliphatic rings. The molecule has 158 valence electrons. The van der Waals surface area contributed by atoms with E-state index in [4.69, 9.17) is 16.7 Å². The maximum absolute atomic E-state index is 13.4. The van der Waals surface area contributed by atoms with Crippen molar-refractivity contribution in [3.63, 3.8) is 0 Å². The van der Waals surface area contributed by atoms with Crippen LogP contribution < -0.4 is 0 Å². The maximum Gasteiger partial charge on any atom is 0.257 e. The number of rotatable bonds is 6. The summed E-state index contributed by atoms with van der Waals surface area (Å²) >= 11 is 6.10. The lowest BCUT2D eigenvalue weighted by atomic mass is 9.94. The number of amides is 1. The summed E-state index contributed by atoms with van der Waals surface area (Å²) in [5.41, 5.74) is 3.11. The lowest BCUT2D eigenvalue weighted by Gasteiger charge is -2.34. The van der Waals surface area contributed by atoms with E-state index in [0.717, 1.165) is 23.4 Å². The predicted octanol–water partition coefficient (Wildman–Crippen LogP) is 5.67. The van der Waals surface area contributed by atoms with Crippen LogP contribution in [0.4, 0.5) is 0 Å². The van der Waals surface area contributed by atoms with Gasteiger partial charge in [0.1, 0.15) is 0 Å². The molecule has 1 saturated carbocycles. The molecular weight excluding hydrogens is 394 g/mol. The third-order valence-corrected chi connectivity index (χ3v) is 6.62. The van der Waals surface area contributed by atoms with Crippen LogP contribution >= 0.6 is 11.6 Å². The smallest absolute Gasteiger partial charge is 0.257 e. The normalized spacial score (nSPS) is 19.9. The number of halogens is 1. The molecule has 2 aromatic carbocycles. The summed E-state index contributed by atoms with van der Waals surface area (Å²) in [6.07, 6.45) is 6.95. The van der Waals surface area contributed by atoms with Crippen molar-refractivity contribution in [1.29, 1.82) is 0 Å². The van der Waals surface area contributed by atoms with Crippen LogP contribution in [0.5, 0.6) is 0 Å². The van der Waals surface area contributed by atoms with Crippen molar-refractivity contribution in [2.45, 2.75) is 57.5 Å². The predicted molar refractivity (Wildman–Crippen MR) is 123 cm³/mol. The van der Waals surface area contributed by atoms with E-state index in [1.807, 2.05) is 42.5 Å². The van der Waals surface area contributed by atoms with E-state index in [-0.39, 0.29) is 11.9 Å². The summed E-state index contributed by atoms with van der Waals surface area (Å²) in [7, 11) is 0. The summed E-state index contributed by atoms with van der Waals surface area (Å²) in [5, 5.41) is 7.23. The fourth-order valence-electron chi connectivity index (χ4n) is 4.68. The molecule has 1 aliphatic heterocycles. The molecule has 1 fully saturated rings. The third kappa shape index (κ3) is 4.76. The molecule has 1 amide bonds. The molecule has 0 aromatic heterocycles. The van der Waals surface area contributed by atoms with Gasteiger partial charge in [-0.2, -0.15) is 5.10 Å². The van der Waals surface area contributed by atoms with Crippen molar-refractivity contribution in [2.24, 2.45) is 5.10 Å². The standard InChI is InChI=1S/C25H30ClN3O/c1-2-28(22-11-7-4-8-12-22)18-25(30)29-24(20-13-15-21(26)16-14-20)17-23(27-29)19-9-5-3-6-10-19/h3,5-6,9-10,13-16,22,24H,2,4,7-8,11-12,17-18H2,1H3/t24-/m0/s1. The monoisotopic (exact) mass is 423 g/mol. The second-order valence-electron chi connectivity index (χ2n) is 8.28. The number of carbonyl (C=O) groups is 1. The maximum atomic E-state index is 13.4. The van der Waals surface area contributed by atoms with Crippen molar-refractivity contribution in [1.82, 2.24) is 9.91 Å². The number of hydrazone groups is 1. The van der Waals surface area contributed by atoms with Gasteiger partial charge in [0.15, 0.2) is 0 Å². The van der Waals surface area contributed by atoms with Crippen LogP contribution in [0, 0.1) is 0 Å². The Morgan fingerprint density at radius 3 is 2.43 bits per heavy atom. The van der Waals surface area contributed by atoms with E-state index in [0.29, 0.717) is 24.0 Å². The summed E-state index contributed by atoms with van der Waals surface area (Å²) in [6.45, 7) is 3.48. The zero-order valence-corrected chi connectivity index (χ0v) is 18.4. The van der Waals surface area contributed by atoms with Gasteiger partial charge in [0, 0.05) is 17.5 Å². The van der Waals surface area contributed by atoms with Gasteiger partial charge in [-0.15, -0.1) is 0 Å². The Morgan fingerprint density at radius 2 is 1.77 bits per heavy atom. The van der Waals surface area contributed by atoms with E-state index in [2.05, 4.69) is 24.0 Å². The second kappa shape index (κ2) is 9.76. The highest BCUT2D eigenvalue weighted by Crippen LogP contribution is 2.34. The Balaban J connectivity index is 1.57. The number of nitrogens with zero attached hydrogens (tertiary/aromatic N) is 3. The van der Waals surface area contributed by atoms with Crippen LogP contribution in [0.1, 0.15) is 62.6 Å². The molecule has 1 aliphatic carbocycles. The van der Waals surface area contributed by atoms with E-state index in [1.165, 1.54) is 32.1 Å². The van der Waals surface area contributed by atoms with Crippen LogP contribution in [0.15, 0.2) is 59.7 Å². The molecule has 30 heavy (non-hydrogen) atoms. The van der Waals surface area contributed by atoms with Crippen LogP contribution in [0.3, 0.4) is 0 Å². The first kappa shape index (κ1) is 21.1. The Morgan fingerprint density at radius 1 is 1.07 bits per heavy atom. The van der Waals surface area contributed by atoms with Crippen LogP contribution in [0.2, 0.25) is 5.02 Å². The molecule has 1 atom stereocenters. The summed E-state index contributed by atoms with van der Waals surface area (Å²) < 4.78 is 0. The lowest BCUT2D eigenvalue weighted by molar-refractivity contribution is -0.135. The molecule has 0 unspecified atom stereocenters. The van der Waals surface area contributed by atoms with Gasteiger partial charge < -0.3 is 0 Å². The van der Waals surface area contributed by atoms with Gasteiger partial charge in [0.05, 0.1) is 18.3 Å². The van der Waals surface area contributed by atoms with Crippen molar-refractivity contribution < 1.29 is 4.79 Å². The van der Waals surface area contributed by atoms with E-state index in [1.54, 1.807) is 5.01 Å². The molecule has 0 saturated heterocycles. The summed E-state index contributed by atoms with van der Waals surface area (Å²) in [4.78, 5) is 15.8. The van der Waals surface area contributed by atoms with Crippen molar-refractivity contribution in [2.75, 3.05) is 13.1 Å². The molecule has 0 bridgehead atoms. The largest absolute Gasteiger partial charge is 0.292 e. The SMILES string of the molecule is CCN(CC(=O)N1N=C(c2ccccc2)C[C@H]1c1ccc(Cl)cc1)C1CCCCC1. The van der Waals surface area contributed by atoms with Crippen LogP contribution in [-0.4, -0.2) is 40.7 Å². The van der Waals surface area contributed by atoms with E-state index in [9.17, 15) is 4.79 Å². The molecule has 0 spiro atoms. The fourth-order valence-corrected chi connectivity index (χ4v) is 4.81. The molecule has 0 N–H and O–H groups in total. The Bertz CT molecular complexity index is 875. The topological polar surface area (TPSA) is 35.9 Å². The minimum atomic E-state index is -0.0879. The van der Waals surface area contributed by atoms with Gasteiger partial charge in [0.2, 0.25) is 0 Å². The Hall–Kier alpha value is -2.17. The van der Waals surface area contributed by atoms with E-state index >= 15 is 0 Å². The van der Waals surface area contributed by atoms with Crippen molar-refractivity contribution in [3.8, 4) is 0 Å². The minimum absolute atomic E-state index is 0.0771. The van der Waals surface area contributed by atoms with Gasteiger partial charge in [-0.3, -0.25) is 9.69 Å². The zero-order valence-electron chi connectivity index (χ0n) is 17.6. The minimum Gasteiger partial charge on any atom is -0.292 e. The molecule has 1 heterocycles. The molecule has 4 nitrogen and oxygen atoms in total. The fraction of sp³-hybridized carbons (Fsp3) is 0.440. The molecule has 5 heteroatoms. The Kier molecular flexibility index (Phi) is 6.86. The number of hydrogen-bond donors (Lipinski definition) is 0. The molecule has 0 radical (unpaired) electrons. The van der Waals surface area contributed by atoms with Gasteiger partial charge in [0.25, 0.3) is 5.91 Å². The second-order valence-corrected chi connectivity index (χ2v) is 8.71. The summed E-state index contributed by atoms with van der Waals surface area (Å²) in [6, 6.07) is 18.4. The van der Waals surface area contributed by atoms with Crippen LogP contribution in [-0.2, 0) is 4.79 Å². The average molecular weight is 424 g/mol. The molecule has 2 aromatic rings. The van der Waals surface area contributed by atoms with Crippen molar-refractivity contribution in [3.05, 3.63) is 70.7 Å². The van der Waals surface area contributed by atoms with Gasteiger partial charge in [-0.25, -0.2) is 5.01 Å². The average Bonchev–Trinajstić information content (AvgIpc) is 3.25. The van der Waals surface area contributed by atoms with Gasteiger partial charge >= 0.3 is 0 Å². The number of likely N-dealkylation sites (N-methyl/N-ethyl adjacent to an activating group) is 1. The van der Waals surface area contributed by atoms with Crippen molar-refractivity contribution >= 4 is 23.2 Å². The first-order valence-electron chi connectivity index (χ1n) is 11.1. The summed E-state index contributed by atoms with van der Waals surface area (Å²) in [5.74, 6) is 0.0771. The number of hydrogen-bond acceptors (Lipinski definition) is 3. The van der Waals surface area contributed by atoms with Gasteiger partial charge in [-0.05, 0) is 42.6 Å². The van der Waals surface area contributed by atoms with Gasteiger partial charge in [-0.1, -0.05) is 80.3 Å². The number of benzene rings is 2. The third-order valence-electron chi connectivity index (χ3n) is 6.36. The van der Waals surface area contributed by atoms with Crippen LogP contribution in [0.25, 0.3) is 0 Å². The molecular formula is C25H30ClN3O. The van der Waals surface area contributed by atoms with E-state index < -0.39 is 0 Å². The number of carbonyl (C=O) groups excluding carboxylic acids is 1. The highest BCUT2D eigenvalue weighted by Gasteiger charge is 2.34. The highest BCUT2D eigenvalue weighted by atomic mass is 35.5. The highest BCUT2D eigenvalue weighted by molar-refractivity contribution is 6.30. The zero-order chi connectivity index (χ0) is 20.9.